The van der Waals surface area contributed by atoms with Gasteiger partial charge in [0.25, 0.3) is 0 Å². The van der Waals surface area contributed by atoms with E-state index >= 15 is 0 Å². The van der Waals surface area contributed by atoms with E-state index in [0.717, 1.165) is 5.56 Å². The van der Waals surface area contributed by atoms with Gasteiger partial charge in [0, 0.05) is 6.54 Å². The number of alkyl carbamates (subject to hydrolysis) is 1. The van der Waals surface area contributed by atoms with Crippen LogP contribution in [0.3, 0.4) is 0 Å². The highest BCUT2D eigenvalue weighted by Crippen LogP contribution is 2.21. The summed E-state index contributed by atoms with van der Waals surface area (Å²) in [6, 6.07) is 9.11. The topological polar surface area (TPSA) is 75.6 Å². The molecule has 0 aromatic heterocycles. The van der Waals surface area contributed by atoms with Crippen molar-refractivity contribution in [3.8, 4) is 0 Å². The van der Waals surface area contributed by atoms with Crippen LogP contribution in [0.25, 0.3) is 0 Å². The largest absolute Gasteiger partial charge is 0.481 e. The number of aliphatic carboxylic acids is 1. The van der Waals surface area contributed by atoms with Crippen molar-refractivity contribution in [3.05, 3.63) is 35.9 Å². The monoisotopic (exact) mass is 293 g/mol. The number of amides is 1. The van der Waals surface area contributed by atoms with Gasteiger partial charge in [0.1, 0.15) is 5.60 Å². The van der Waals surface area contributed by atoms with E-state index in [1.807, 2.05) is 18.2 Å². The molecule has 0 aliphatic carbocycles. The van der Waals surface area contributed by atoms with Gasteiger partial charge in [0.15, 0.2) is 0 Å². The highest BCUT2D eigenvalue weighted by molar-refractivity contribution is 5.76. The lowest BCUT2D eigenvalue weighted by atomic mass is 9.94. The van der Waals surface area contributed by atoms with Gasteiger partial charge in [-0.1, -0.05) is 30.3 Å². The summed E-state index contributed by atoms with van der Waals surface area (Å²) in [7, 11) is 0. The van der Waals surface area contributed by atoms with Crippen LogP contribution in [0.2, 0.25) is 0 Å². The van der Waals surface area contributed by atoms with Crippen molar-refractivity contribution in [1.82, 2.24) is 5.32 Å². The molecular formula is C16H23NO4. The second-order valence-electron chi connectivity index (χ2n) is 5.87. The van der Waals surface area contributed by atoms with Crippen LogP contribution < -0.4 is 5.32 Å². The predicted molar refractivity (Wildman–Crippen MR) is 80.3 cm³/mol. The number of nitrogens with one attached hydrogen (secondary N) is 1. The molecule has 1 aromatic carbocycles. The Kier molecular flexibility index (Phi) is 6.21. The Morgan fingerprint density at radius 3 is 2.38 bits per heavy atom. The molecule has 0 unspecified atom stereocenters. The Morgan fingerprint density at radius 1 is 1.24 bits per heavy atom. The minimum Gasteiger partial charge on any atom is -0.481 e. The molecule has 21 heavy (non-hydrogen) atoms. The van der Waals surface area contributed by atoms with Gasteiger partial charge >= 0.3 is 12.1 Å². The Labute approximate surface area is 125 Å². The SMILES string of the molecule is CC(C)(C)OC(=O)NCCC[C@@H](C(=O)O)c1ccccc1. The summed E-state index contributed by atoms with van der Waals surface area (Å²) in [5.41, 5.74) is 0.250. The van der Waals surface area contributed by atoms with E-state index in [1.54, 1.807) is 32.9 Å². The van der Waals surface area contributed by atoms with Gasteiger partial charge < -0.3 is 15.2 Å². The van der Waals surface area contributed by atoms with Gasteiger partial charge in [0.2, 0.25) is 0 Å². The molecule has 0 saturated heterocycles. The van der Waals surface area contributed by atoms with Crippen LogP contribution in [0.4, 0.5) is 4.79 Å². The highest BCUT2D eigenvalue weighted by Gasteiger charge is 2.19. The normalized spacial score (nSPS) is 12.5. The first-order valence-corrected chi connectivity index (χ1v) is 7.04. The number of ether oxygens (including phenoxy) is 1. The number of hydrogen-bond donors (Lipinski definition) is 2. The molecule has 0 aliphatic rings. The molecule has 0 heterocycles. The van der Waals surface area contributed by atoms with Gasteiger partial charge in [-0.25, -0.2) is 4.79 Å². The fourth-order valence-electron chi connectivity index (χ4n) is 1.93. The lowest BCUT2D eigenvalue weighted by Gasteiger charge is -2.20. The van der Waals surface area contributed by atoms with Gasteiger partial charge in [-0.3, -0.25) is 4.79 Å². The molecule has 2 N–H and O–H groups in total. The van der Waals surface area contributed by atoms with E-state index in [4.69, 9.17) is 4.74 Å². The molecule has 5 nitrogen and oxygen atoms in total. The molecule has 0 aliphatic heterocycles. The molecule has 1 amide bonds. The van der Waals surface area contributed by atoms with Crippen molar-refractivity contribution in [1.29, 1.82) is 0 Å². The third-order valence-corrected chi connectivity index (χ3v) is 2.84. The zero-order valence-corrected chi connectivity index (χ0v) is 12.8. The smallest absolute Gasteiger partial charge is 0.407 e. The molecular weight excluding hydrogens is 270 g/mol. The molecule has 1 rings (SSSR count). The van der Waals surface area contributed by atoms with E-state index in [0.29, 0.717) is 19.4 Å². The van der Waals surface area contributed by atoms with Crippen molar-refractivity contribution in [3.63, 3.8) is 0 Å². The number of carboxylic acid groups (broad SMARTS) is 1. The molecule has 0 bridgehead atoms. The van der Waals surface area contributed by atoms with Crippen molar-refractivity contribution >= 4 is 12.1 Å². The highest BCUT2D eigenvalue weighted by atomic mass is 16.6. The molecule has 1 aromatic rings. The second-order valence-corrected chi connectivity index (χ2v) is 5.87. The van der Waals surface area contributed by atoms with Crippen LogP contribution in [-0.2, 0) is 9.53 Å². The fraction of sp³-hybridized carbons (Fsp3) is 0.500. The minimum atomic E-state index is -0.849. The van der Waals surface area contributed by atoms with E-state index in [9.17, 15) is 14.7 Å². The standard InChI is InChI=1S/C16H23NO4/c1-16(2,3)21-15(20)17-11-7-10-13(14(18)19)12-8-5-4-6-9-12/h4-6,8-9,13H,7,10-11H2,1-3H3,(H,17,20)(H,18,19)/t13-/m1/s1. The number of carbonyl (C=O) groups is 2. The maximum Gasteiger partial charge on any atom is 0.407 e. The Balaban J connectivity index is 2.39. The molecule has 0 radical (unpaired) electrons. The summed E-state index contributed by atoms with van der Waals surface area (Å²) in [5.74, 6) is -1.40. The number of carboxylic acids is 1. The first kappa shape index (κ1) is 17.0. The molecule has 0 spiro atoms. The Morgan fingerprint density at radius 2 is 1.86 bits per heavy atom. The predicted octanol–water partition coefficient (Wildman–Crippen LogP) is 3.16. The number of rotatable bonds is 6. The molecule has 0 saturated carbocycles. The van der Waals surface area contributed by atoms with Crippen molar-refractivity contribution in [2.75, 3.05) is 6.54 Å². The number of hydrogen-bond acceptors (Lipinski definition) is 3. The quantitative estimate of drug-likeness (QED) is 0.790. The van der Waals surface area contributed by atoms with Gasteiger partial charge in [-0.2, -0.15) is 0 Å². The van der Waals surface area contributed by atoms with Crippen molar-refractivity contribution in [2.24, 2.45) is 0 Å². The van der Waals surface area contributed by atoms with Crippen molar-refractivity contribution in [2.45, 2.75) is 45.1 Å². The summed E-state index contributed by atoms with van der Waals surface area (Å²) in [5, 5.41) is 11.9. The lowest BCUT2D eigenvalue weighted by molar-refractivity contribution is -0.139. The van der Waals surface area contributed by atoms with E-state index < -0.39 is 23.6 Å². The number of benzene rings is 1. The summed E-state index contributed by atoms with van der Waals surface area (Å²) in [4.78, 5) is 22.8. The second kappa shape index (κ2) is 7.67. The fourth-order valence-corrected chi connectivity index (χ4v) is 1.93. The first-order chi connectivity index (χ1) is 9.79. The third kappa shape index (κ3) is 6.79. The van der Waals surface area contributed by atoms with Crippen LogP contribution in [0.5, 0.6) is 0 Å². The van der Waals surface area contributed by atoms with Gasteiger partial charge in [0.05, 0.1) is 5.92 Å². The van der Waals surface area contributed by atoms with E-state index in [2.05, 4.69) is 5.32 Å². The molecule has 1 atom stereocenters. The maximum absolute atomic E-state index is 11.5. The van der Waals surface area contributed by atoms with Gasteiger partial charge in [-0.15, -0.1) is 0 Å². The van der Waals surface area contributed by atoms with Gasteiger partial charge in [-0.05, 0) is 39.2 Å². The third-order valence-electron chi connectivity index (χ3n) is 2.84. The van der Waals surface area contributed by atoms with E-state index in [-0.39, 0.29) is 0 Å². The van der Waals surface area contributed by atoms with E-state index in [1.165, 1.54) is 0 Å². The van der Waals surface area contributed by atoms with Crippen LogP contribution in [0, 0.1) is 0 Å². The maximum atomic E-state index is 11.5. The molecule has 0 fully saturated rings. The molecule has 116 valence electrons. The van der Waals surface area contributed by atoms with Crippen LogP contribution in [-0.4, -0.2) is 29.3 Å². The lowest BCUT2D eigenvalue weighted by Crippen LogP contribution is -2.33. The van der Waals surface area contributed by atoms with Crippen molar-refractivity contribution < 1.29 is 19.4 Å². The Hall–Kier alpha value is -2.04. The van der Waals surface area contributed by atoms with Crippen LogP contribution in [0.1, 0.15) is 45.1 Å². The van der Waals surface area contributed by atoms with Crippen LogP contribution in [0.15, 0.2) is 30.3 Å². The average molecular weight is 293 g/mol. The Bertz CT molecular complexity index is 465. The van der Waals surface area contributed by atoms with Crippen LogP contribution >= 0.6 is 0 Å². The zero-order chi connectivity index (χ0) is 15.9. The summed E-state index contributed by atoms with van der Waals surface area (Å²) in [6.45, 7) is 5.78. The average Bonchev–Trinajstić information content (AvgIpc) is 2.37. The summed E-state index contributed by atoms with van der Waals surface area (Å²) >= 11 is 0. The minimum absolute atomic E-state index is 0.394. The zero-order valence-electron chi connectivity index (χ0n) is 12.8. The number of carbonyl (C=O) groups excluding carboxylic acids is 1. The summed E-state index contributed by atoms with van der Waals surface area (Å²) in [6.07, 6.45) is 0.564. The molecule has 5 heteroatoms. The first-order valence-electron chi connectivity index (χ1n) is 7.04. The summed E-state index contributed by atoms with van der Waals surface area (Å²) < 4.78 is 5.11.